The van der Waals surface area contributed by atoms with Gasteiger partial charge in [0.2, 0.25) is 10.0 Å². The molecule has 1 amide bonds. The number of hydrogen-bond acceptors (Lipinski definition) is 4. The molecule has 2 aromatic rings. The lowest BCUT2D eigenvalue weighted by Gasteiger charge is -2.08. The van der Waals surface area contributed by atoms with Crippen LogP contribution in [0.2, 0.25) is 0 Å². The Morgan fingerprint density at radius 3 is 2.20 bits per heavy atom. The quantitative estimate of drug-likeness (QED) is 0.608. The zero-order chi connectivity index (χ0) is 17.4. The third kappa shape index (κ3) is 8.02. The van der Waals surface area contributed by atoms with Crippen LogP contribution in [0, 0.1) is 0 Å². The maximum atomic E-state index is 12.0. The van der Waals surface area contributed by atoms with E-state index in [0.717, 1.165) is 12.8 Å². The molecule has 0 unspecified atom stereocenters. The molecule has 0 bridgehead atoms. The molecule has 3 N–H and O–H groups in total. The Morgan fingerprint density at radius 1 is 0.960 bits per heavy atom. The molecule has 0 saturated heterocycles. The molecular weight excluding hydrogens is 362 g/mol. The van der Waals surface area contributed by atoms with Crippen LogP contribution >= 0.6 is 12.4 Å². The van der Waals surface area contributed by atoms with Gasteiger partial charge in [0.25, 0.3) is 5.91 Å². The molecule has 2 aromatic carbocycles. The summed E-state index contributed by atoms with van der Waals surface area (Å²) in [6, 6.07) is 16.3. The van der Waals surface area contributed by atoms with Gasteiger partial charge in [-0.1, -0.05) is 30.3 Å². The lowest BCUT2D eigenvalue weighted by atomic mass is 10.2. The van der Waals surface area contributed by atoms with Gasteiger partial charge in [-0.2, -0.15) is 0 Å². The molecule has 0 saturated carbocycles. The van der Waals surface area contributed by atoms with Crippen LogP contribution in [-0.2, 0) is 16.6 Å². The maximum absolute atomic E-state index is 12.0. The molecule has 8 heteroatoms. The zero-order valence-corrected chi connectivity index (χ0v) is 15.5. The molecule has 0 aliphatic carbocycles. The first-order valence-corrected chi connectivity index (χ1v) is 9.44. The van der Waals surface area contributed by atoms with E-state index < -0.39 is 10.0 Å². The Balaban J connectivity index is 0.00000312. The fourth-order valence-electron chi connectivity index (χ4n) is 2.10. The standard InChI is InChI=1S/C17H21N3O3S.ClH/c1-24(22,23)20-16-9-7-15(8-10-16)17(21)19-12-11-18-13-14-5-3-2-4-6-14;/h2-10,18,20H,11-13H2,1H3,(H,19,21);1H. The van der Waals surface area contributed by atoms with Gasteiger partial charge in [0.15, 0.2) is 0 Å². The molecule has 0 aliphatic heterocycles. The van der Waals surface area contributed by atoms with Crippen molar-refractivity contribution < 1.29 is 13.2 Å². The molecule has 0 atom stereocenters. The molecule has 6 nitrogen and oxygen atoms in total. The summed E-state index contributed by atoms with van der Waals surface area (Å²) in [5, 5.41) is 6.06. The van der Waals surface area contributed by atoms with E-state index in [1.807, 2.05) is 30.3 Å². The summed E-state index contributed by atoms with van der Waals surface area (Å²) in [6.07, 6.45) is 1.08. The van der Waals surface area contributed by atoms with E-state index in [0.29, 0.717) is 24.3 Å². The van der Waals surface area contributed by atoms with Gasteiger partial charge in [-0.05, 0) is 29.8 Å². The SMILES string of the molecule is CS(=O)(=O)Nc1ccc(C(=O)NCCNCc2ccccc2)cc1.Cl. The molecule has 0 radical (unpaired) electrons. The number of carbonyl (C=O) groups excluding carboxylic acids is 1. The first-order chi connectivity index (χ1) is 11.4. The number of sulfonamides is 1. The van der Waals surface area contributed by atoms with E-state index in [2.05, 4.69) is 15.4 Å². The normalized spacial score (nSPS) is 10.6. The predicted octanol–water partition coefficient (Wildman–Crippen LogP) is 2.00. The third-order valence-corrected chi connectivity index (χ3v) is 3.82. The highest BCUT2D eigenvalue weighted by molar-refractivity contribution is 7.92. The average Bonchev–Trinajstić information content (AvgIpc) is 2.54. The second-order valence-electron chi connectivity index (χ2n) is 5.37. The molecular formula is C17H22ClN3O3S. The fraction of sp³-hybridized carbons (Fsp3) is 0.235. The van der Waals surface area contributed by atoms with Gasteiger partial charge in [0.05, 0.1) is 6.26 Å². The number of anilines is 1. The minimum atomic E-state index is -3.31. The highest BCUT2D eigenvalue weighted by Crippen LogP contribution is 2.10. The largest absolute Gasteiger partial charge is 0.351 e. The van der Waals surface area contributed by atoms with Gasteiger partial charge >= 0.3 is 0 Å². The molecule has 136 valence electrons. The maximum Gasteiger partial charge on any atom is 0.251 e. The first-order valence-electron chi connectivity index (χ1n) is 7.55. The van der Waals surface area contributed by atoms with Crippen molar-refractivity contribution in [2.75, 3.05) is 24.1 Å². The average molecular weight is 384 g/mol. The number of halogens is 1. The topological polar surface area (TPSA) is 87.3 Å². The van der Waals surface area contributed by atoms with E-state index in [4.69, 9.17) is 0 Å². The van der Waals surface area contributed by atoms with E-state index in [1.54, 1.807) is 24.3 Å². The van der Waals surface area contributed by atoms with Gasteiger partial charge in [0.1, 0.15) is 0 Å². The molecule has 0 aromatic heterocycles. The summed E-state index contributed by atoms with van der Waals surface area (Å²) in [6.45, 7) is 1.92. The summed E-state index contributed by atoms with van der Waals surface area (Å²) >= 11 is 0. The van der Waals surface area contributed by atoms with E-state index >= 15 is 0 Å². The molecule has 0 fully saturated rings. The molecule has 0 heterocycles. The van der Waals surface area contributed by atoms with Crippen molar-refractivity contribution in [3.8, 4) is 0 Å². The molecule has 25 heavy (non-hydrogen) atoms. The van der Waals surface area contributed by atoms with Crippen LogP contribution in [0.3, 0.4) is 0 Å². The summed E-state index contributed by atoms with van der Waals surface area (Å²) in [7, 11) is -3.31. The summed E-state index contributed by atoms with van der Waals surface area (Å²) in [5.74, 6) is -0.192. The molecule has 0 spiro atoms. The van der Waals surface area contributed by atoms with Crippen molar-refractivity contribution in [3.63, 3.8) is 0 Å². The van der Waals surface area contributed by atoms with Crippen molar-refractivity contribution in [2.24, 2.45) is 0 Å². The van der Waals surface area contributed by atoms with Crippen LogP contribution in [0.1, 0.15) is 15.9 Å². The van der Waals surface area contributed by atoms with Crippen molar-refractivity contribution in [3.05, 3.63) is 65.7 Å². The van der Waals surface area contributed by atoms with Gasteiger partial charge in [0, 0.05) is 30.9 Å². The lowest BCUT2D eigenvalue weighted by molar-refractivity contribution is 0.0954. The van der Waals surface area contributed by atoms with Crippen LogP contribution in [-0.4, -0.2) is 33.7 Å². The Bertz CT molecular complexity index is 765. The van der Waals surface area contributed by atoms with Crippen LogP contribution < -0.4 is 15.4 Å². The minimum Gasteiger partial charge on any atom is -0.351 e. The number of carbonyl (C=O) groups is 1. The van der Waals surface area contributed by atoms with E-state index in [9.17, 15) is 13.2 Å². The summed E-state index contributed by atoms with van der Waals surface area (Å²) < 4.78 is 24.6. The number of benzene rings is 2. The highest BCUT2D eigenvalue weighted by Gasteiger charge is 2.06. The second kappa shape index (κ2) is 10.0. The van der Waals surface area contributed by atoms with Crippen molar-refractivity contribution in [1.82, 2.24) is 10.6 Å². The van der Waals surface area contributed by atoms with Gasteiger partial charge < -0.3 is 10.6 Å². The van der Waals surface area contributed by atoms with Crippen LogP contribution in [0.15, 0.2) is 54.6 Å². The predicted molar refractivity (Wildman–Crippen MR) is 103 cm³/mol. The van der Waals surface area contributed by atoms with Crippen LogP contribution in [0.5, 0.6) is 0 Å². The molecule has 2 rings (SSSR count). The Labute approximate surface area is 154 Å². The minimum absolute atomic E-state index is 0. The zero-order valence-electron chi connectivity index (χ0n) is 13.9. The molecule has 0 aliphatic rings. The van der Waals surface area contributed by atoms with Gasteiger partial charge in [-0.3, -0.25) is 9.52 Å². The lowest BCUT2D eigenvalue weighted by Crippen LogP contribution is -2.31. The van der Waals surface area contributed by atoms with Crippen molar-refractivity contribution >= 4 is 34.0 Å². The number of hydrogen-bond donors (Lipinski definition) is 3. The third-order valence-electron chi connectivity index (χ3n) is 3.21. The van der Waals surface area contributed by atoms with Crippen LogP contribution in [0.25, 0.3) is 0 Å². The summed E-state index contributed by atoms with van der Waals surface area (Å²) in [4.78, 5) is 12.0. The Morgan fingerprint density at radius 2 is 1.60 bits per heavy atom. The Hall–Kier alpha value is -2.09. The van der Waals surface area contributed by atoms with Crippen LogP contribution in [0.4, 0.5) is 5.69 Å². The summed E-state index contributed by atoms with van der Waals surface area (Å²) in [5.41, 5.74) is 2.11. The number of nitrogens with one attached hydrogen (secondary N) is 3. The monoisotopic (exact) mass is 383 g/mol. The highest BCUT2D eigenvalue weighted by atomic mass is 35.5. The van der Waals surface area contributed by atoms with E-state index in [1.165, 1.54) is 5.56 Å². The smallest absolute Gasteiger partial charge is 0.251 e. The van der Waals surface area contributed by atoms with Gasteiger partial charge in [-0.15, -0.1) is 12.4 Å². The van der Waals surface area contributed by atoms with Crippen molar-refractivity contribution in [1.29, 1.82) is 0 Å². The second-order valence-corrected chi connectivity index (χ2v) is 7.12. The van der Waals surface area contributed by atoms with E-state index in [-0.39, 0.29) is 18.3 Å². The fourth-order valence-corrected chi connectivity index (χ4v) is 2.66. The van der Waals surface area contributed by atoms with Gasteiger partial charge in [-0.25, -0.2) is 8.42 Å². The van der Waals surface area contributed by atoms with Crippen molar-refractivity contribution in [2.45, 2.75) is 6.54 Å². The number of rotatable bonds is 8. The number of amides is 1. The Kier molecular flexibility index (Phi) is 8.40. The first kappa shape index (κ1) is 21.0.